The fraction of sp³-hybridized carbons (Fsp3) is 0.625. The van der Waals surface area contributed by atoms with Crippen molar-refractivity contribution in [1.29, 1.82) is 0 Å². The third-order valence-electron chi connectivity index (χ3n) is 1.32. The second-order valence-corrected chi connectivity index (χ2v) is 2.35. The summed E-state index contributed by atoms with van der Waals surface area (Å²) < 4.78 is 4.41. The van der Waals surface area contributed by atoms with Crippen LogP contribution in [0.1, 0.15) is 26.2 Å². The highest BCUT2D eigenvalue weighted by Crippen LogP contribution is 2.00. The number of ether oxygens (including phenoxy) is 1. The van der Waals surface area contributed by atoms with Crippen LogP contribution >= 0.6 is 0 Å². The molecule has 0 spiro atoms. The van der Waals surface area contributed by atoms with Gasteiger partial charge in [0.1, 0.15) is 0 Å². The molecule has 0 saturated carbocycles. The maximum atomic E-state index is 10.6. The summed E-state index contributed by atoms with van der Waals surface area (Å²) in [6.45, 7) is 2.07. The number of hydrogen-bond acceptors (Lipinski definition) is 3. The van der Waals surface area contributed by atoms with Crippen molar-refractivity contribution < 1.29 is 9.53 Å². The second kappa shape index (κ2) is 5.77. The van der Waals surface area contributed by atoms with Crippen molar-refractivity contribution in [3.05, 3.63) is 11.8 Å². The summed E-state index contributed by atoms with van der Waals surface area (Å²) in [7, 11) is 1.34. The molecule has 3 heteroatoms. The average Bonchev–Trinajstić information content (AvgIpc) is 2.00. The Kier molecular flexibility index (Phi) is 5.25. The van der Waals surface area contributed by atoms with Crippen LogP contribution in [-0.2, 0) is 9.53 Å². The number of allylic oxidation sites excluding steroid dienone is 1. The Morgan fingerprint density at radius 3 is 2.73 bits per heavy atom. The van der Waals surface area contributed by atoms with Gasteiger partial charge in [0.25, 0.3) is 0 Å². The number of esters is 1. The predicted octanol–water partition coefficient (Wildman–Crippen LogP) is 1.19. The molecule has 2 N–H and O–H groups in total. The minimum atomic E-state index is -0.376. The molecule has 0 atom stereocenters. The van der Waals surface area contributed by atoms with Crippen LogP contribution in [0.15, 0.2) is 11.8 Å². The highest BCUT2D eigenvalue weighted by atomic mass is 16.5. The van der Waals surface area contributed by atoms with Gasteiger partial charge in [-0.1, -0.05) is 13.3 Å². The predicted molar refractivity (Wildman–Crippen MR) is 43.8 cm³/mol. The van der Waals surface area contributed by atoms with Gasteiger partial charge in [-0.2, -0.15) is 0 Å². The number of methoxy groups -OCH3 is 1. The summed E-state index contributed by atoms with van der Waals surface area (Å²) in [5.74, 6) is -0.376. The fourth-order valence-corrected chi connectivity index (χ4v) is 0.663. The summed E-state index contributed by atoms with van der Waals surface area (Å²) in [5, 5.41) is 0. The number of hydrogen-bond donors (Lipinski definition) is 1. The van der Waals surface area contributed by atoms with Gasteiger partial charge in [-0.05, 0) is 12.8 Å². The first-order valence-electron chi connectivity index (χ1n) is 3.74. The zero-order chi connectivity index (χ0) is 8.69. The van der Waals surface area contributed by atoms with E-state index in [-0.39, 0.29) is 5.97 Å². The van der Waals surface area contributed by atoms with E-state index in [9.17, 15) is 4.79 Å². The van der Waals surface area contributed by atoms with Gasteiger partial charge in [0, 0.05) is 11.8 Å². The minimum Gasteiger partial charge on any atom is -0.466 e. The molecule has 11 heavy (non-hydrogen) atoms. The molecule has 0 saturated heterocycles. The van der Waals surface area contributed by atoms with Crippen LogP contribution in [-0.4, -0.2) is 13.1 Å². The zero-order valence-corrected chi connectivity index (χ0v) is 7.09. The smallest absolute Gasteiger partial charge is 0.332 e. The Bertz CT molecular complexity index is 152. The van der Waals surface area contributed by atoms with Crippen molar-refractivity contribution in [3.63, 3.8) is 0 Å². The molecule has 0 fully saturated rings. The van der Waals surface area contributed by atoms with Crippen molar-refractivity contribution in [3.8, 4) is 0 Å². The van der Waals surface area contributed by atoms with Crippen molar-refractivity contribution in [2.45, 2.75) is 26.2 Å². The van der Waals surface area contributed by atoms with E-state index in [4.69, 9.17) is 5.73 Å². The van der Waals surface area contributed by atoms with Gasteiger partial charge in [-0.3, -0.25) is 0 Å². The molecule has 0 amide bonds. The molecule has 0 unspecified atom stereocenters. The molecule has 0 bridgehead atoms. The lowest BCUT2D eigenvalue weighted by atomic mass is 10.2. The first-order valence-corrected chi connectivity index (χ1v) is 3.74. The summed E-state index contributed by atoms with van der Waals surface area (Å²) >= 11 is 0. The molecule has 0 heterocycles. The van der Waals surface area contributed by atoms with E-state index in [1.807, 2.05) is 0 Å². The molecule has 0 aliphatic heterocycles. The lowest BCUT2D eigenvalue weighted by Gasteiger charge is -1.97. The minimum absolute atomic E-state index is 0.376. The van der Waals surface area contributed by atoms with Crippen molar-refractivity contribution >= 4 is 5.97 Å². The van der Waals surface area contributed by atoms with E-state index < -0.39 is 0 Å². The van der Waals surface area contributed by atoms with Gasteiger partial charge >= 0.3 is 5.97 Å². The lowest BCUT2D eigenvalue weighted by molar-refractivity contribution is -0.134. The first kappa shape index (κ1) is 10.0. The summed E-state index contributed by atoms with van der Waals surface area (Å²) in [6.07, 6.45) is 4.19. The van der Waals surface area contributed by atoms with E-state index in [0.717, 1.165) is 19.3 Å². The Morgan fingerprint density at radius 1 is 1.64 bits per heavy atom. The van der Waals surface area contributed by atoms with E-state index in [1.165, 1.54) is 13.2 Å². The zero-order valence-electron chi connectivity index (χ0n) is 7.09. The standard InChI is InChI=1S/C8H15NO2/c1-3-4-5-7(9)6-8(10)11-2/h6H,3-5,9H2,1-2H3. The van der Waals surface area contributed by atoms with Gasteiger partial charge in [-0.25, -0.2) is 4.79 Å². The fourth-order valence-electron chi connectivity index (χ4n) is 0.663. The first-order chi connectivity index (χ1) is 5.20. The van der Waals surface area contributed by atoms with Crippen molar-refractivity contribution in [1.82, 2.24) is 0 Å². The Labute approximate surface area is 67.2 Å². The van der Waals surface area contributed by atoms with Crippen LogP contribution in [0.3, 0.4) is 0 Å². The molecule has 0 aromatic carbocycles. The topological polar surface area (TPSA) is 52.3 Å². The van der Waals surface area contributed by atoms with Gasteiger partial charge in [0.2, 0.25) is 0 Å². The average molecular weight is 157 g/mol. The van der Waals surface area contributed by atoms with Gasteiger partial charge in [0.05, 0.1) is 7.11 Å². The number of nitrogens with two attached hydrogens (primary N) is 1. The normalized spacial score (nSPS) is 11.3. The monoisotopic (exact) mass is 157 g/mol. The molecule has 0 aliphatic carbocycles. The summed E-state index contributed by atoms with van der Waals surface area (Å²) in [4.78, 5) is 10.6. The Balaban J connectivity index is 3.70. The van der Waals surface area contributed by atoms with Crippen LogP contribution in [0.25, 0.3) is 0 Å². The molecule has 0 aromatic rings. The SMILES string of the molecule is CCCCC(N)=CC(=O)OC. The molecule has 0 aromatic heterocycles. The van der Waals surface area contributed by atoms with E-state index in [2.05, 4.69) is 11.7 Å². The number of carbonyl (C=O) groups excluding carboxylic acids is 1. The second-order valence-electron chi connectivity index (χ2n) is 2.35. The van der Waals surface area contributed by atoms with E-state index in [0.29, 0.717) is 5.70 Å². The molecular weight excluding hydrogens is 142 g/mol. The number of unbranched alkanes of at least 4 members (excludes halogenated alkanes) is 1. The van der Waals surface area contributed by atoms with Crippen LogP contribution in [0.5, 0.6) is 0 Å². The van der Waals surface area contributed by atoms with Gasteiger partial charge in [-0.15, -0.1) is 0 Å². The quantitative estimate of drug-likeness (QED) is 0.492. The third kappa shape index (κ3) is 5.45. The number of rotatable bonds is 4. The van der Waals surface area contributed by atoms with Crippen LogP contribution < -0.4 is 5.73 Å². The highest BCUT2D eigenvalue weighted by Gasteiger charge is 1.95. The van der Waals surface area contributed by atoms with Crippen LogP contribution in [0.4, 0.5) is 0 Å². The van der Waals surface area contributed by atoms with Gasteiger partial charge in [0.15, 0.2) is 0 Å². The van der Waals surface area contributed by atoms with Crippen molar-refractivity contribution in [2.24, 2.45) is 5.73 Å². The van der Waals surface area contributed by atoms with Crippen LogP contribution in [0.2, 0.25) is 0 Å². The number of carbonyl (C=O) groups is 1. The third-order valence-corrected chi connectivity index (χ3v) is 1.32. The molecule has 0 radical (unpaired) electrons. The van der Waals surface area contributed by atoms with E-state index in [1.54, 1.807) is 0 Å². The molecule has 64 valence electrons. The Morgan fingerprint density at radius 2 is 2.27 bits per heavy atom. The largest absolute Gasteiger partial charge is 0.466 e. The maximum Gasteiger partial charge on any atom is 0.332 e. The molecule has 3 nitrogen and oxygen atoms in total. The molecular formula is C8H15NO2. The van der Waals surface area contributed by atoms with Gasteiger partial charge < -0.3 is 10.5 Å². The molecule has 0 rings (SSSR count). The van der Waals surface area contributed by atoms with Crippen LogP contribution in [0, 0.1) is 0 Å². The van der Waals surface area contributed by atoms with E-state index >= 15 is 0 Å². The summed E-state index contributed by atoms with van der Waals surface area (Å²) in [6, 6.07) is 0. The Hall–Kier alpha value is -0.990. The lowest BCUT2D eigenvalue weighted by Crippen LogP contribution is -2.03. The summed E-state index contributed by atoms with van der Waals surface area (Å²) in [5.41, 5.74) is 6.09. The van der Waals surface area contributed by atoms with Crippen molar-refractivity contribution in [2.75, 3.05) is 7.11 Å². The molecule has 0 aliphatic rings. The maximum absolute atomic E-state index is 10.6. The highest BCUT2D eigenvalue weighted by molar-refractivity contribution is 5.82.